The van der Waals surface area contributed by atoms with E-state index in [2.05, 4.69) is 20.9 Å². The molecule has 1 aromatic heterocycles. The quantitative estimate of drug-likeness (QED) is 0.509. The number of hydrogen-bond acceptors (Lipinski definition) is 1. The van der Waals surface area contributed by atoms with E-state index < -0.39 is 11.6 Å². The Morgan fingerprint density at radius 1 is 1.12 bits per heavy atom. The highest BCUT2D eigenvalue weighted by molar-refractivity contribution is 9.10. The number of H-pyrrole nitrogens is 1. The molecule has 0 bridgehead atoms. The summed E-state index contributed by atoms with van der Waals surface area (Å²) in [6.07, 6.45) is 2.49. The molecule has 0 atom stereocenters. The van der Waals surface area contributed by atoms with Crippen molar-refractivity contribution in [3.05, 3.63) is 57.0 Å². The normalized spacial score (nSPS) is 11.4. The van der Waals surface area contributed by atoms with Crippen molar-refractivity contribution in [3.8, 4) is 11.3 Å². The lowest BCUT2D eigenvalue weighted by molar-refractivity contribution is 0.585. The molecule has 3 N–H and O–H groups in total. The molecule has 0 spiro atoms. The minimum Gasteiger partial charge on any atom is -0.353 e. The van der Waals surface area contributed by atoms with Crippen LogP contribution in [0.5, 0.6) is 0 Å². The summed E-state index contributed by atoms with van der Waals surface area (Å²) >= 11 is 9.67. The average molecular weight is 414 g/mol. The predicted molar refractivity (Wildman–Crippen MR) is 98.4 cm³/mol. The number of rotatable bonds is 5. The standard InChI is InChI=1S/C18H16BrClF2N2/c19-15-8-10(20)7-14-12(3-1-2-6-23)17(24-18(14)15)13-5-4-11(21)9-16(13)22/h4-5,7-9,24H,1-3,6,23H2. The van der Waals surface area contributed by atoms with Gasteiger partial charge in [-0.05, 0) is 71.6 Å². The van der Waals surface area contributed by atoms with Gasteiger partial charge < -0.3 is 10.7 Å². The molecule has 0 aliphatic heterocycles. The molecule has 0 fully saturated rings. The molecule has 0 saturated heterocycles. The van der Waals surface area contributed by atoms with Crippen molar-refractivity contribution < 1.29 is 8.78 Å². The molecule has 3 rings (SSSR count). The van der Waals surface area contributed by atoms with E-state index >= 15 is 0 Å². The fraction of sp³-hybridized carbons (Fsp3) is 0.222. The average Bonchev–Trinajstić information content (AvgIpc) is 2.86. The third-order valence-electron chi connectivity index (χ3n) is 4.01. The molecule has 1 heterocycles. The summed E-state index contributed by atoms with van der Waals surface area (Å²) in [5, 5.41) is 1.53. The zero-order valence-electron chi connectivity index (χ0n) is 12.8. The molecule has 0 saturated carbocycles. The maximum absolute atomic E-state index is 14.3. The molecule has 2 nitrogen and oxygen atoms in total. The highest BCUT2D eigenvalue weighted by atomic mass is 79.9. The van der Waals surface area contributed by atoms with E-state index in [1.54, 1.807) is 6.07 Å². The van der Waals surface area contributed by atoms with Gasteiger partial charge in [-0.15, -0.1) is 0 Å². The van der Waals surface area contributed by atoms with Gasteiger partial charge >= 0.3 is 0 Å². The number of halogens is 4. The minimum atomic E-state index is -0.596. The number of aromatic amines is 1. The Balaban J connectivity index is 2.21. The third kappa shape index (κ3) is 3.34. The SMILES string of the molecule is NCCCCc1c(-c2ccc(F)cc2F)[nH]c2c(Br)cc(Cl)cc12. The van der Waals surface area contributed by atoms with Crippen molar-refractivity contribution in [2.45, 2.75) is 19.3 Å². The first-order valence-corrected chi connectivity index (χ1v) is 8.83. The van der Waals surface area contributed by atoms with Gasteiger partial charge in [-0.25, -0.2) is 8.78 Å². The van der Waals surface area contributed by atoms with Crippen LogP contribution in [0.2, 0.25) is 5.02 Å². The number of unbranched alkanes of at least 4 members (excludes halogenated alkanes) is 1. The summed E-state index contributed by atoms with van der Waals surface area (Å²) in [5.41, 5.74) is 8.39. The van der Waals surface area contributed by atoms with Crippen molar-refractivity contribution in [2.75, 3.05) is 6.54 Å². The molecule has 6 heteroatoms. The molecular weight excluding hydrogens is 398 g/mol. The van der Waals surface area contributed by atoms with Crippen molar-refractivity contribution in [2.24, 2.45) is 5.73 Å². The fourth-order valence-corrected chi connectivity index (χ4v) is 3.81. The molecule has 126 valence electrons. The first-order chi connectivity index (χ1) is 11.5. The van der Waals surface area contributed by atoms with Gasteiger partial charge in [0.2, 0.25) is 0 Å². The van der Waals surface area contributed by atoms with E-state index in [0.717, 1.165) is 46.3 Å². The van der Waals surface area contributed by atoms with Gasteiger partial charge in [-0.1, -0.05) is 11.6 Å². The minimum absolute atomic E-state index is 0.346. The Bertz CT molecular complexity index is 892. The molecular formula is C18H16BrClF2N2. The summed E-state index contributed by atoms with van der Waals surface area (Å²) < 4.78 is 28.3. The first-order valence-electron chi connectivity index (χ1n) is 7.66. The van der Waals surface area contributed by atoms with Crippen LogP contribution < -0.4 is 5.73 Å². The highest BCUT2D eigenvalue weighted by Crippen LogP contribution is 2.37. The number of benzene rings is 2. The summed E-state index contributed by atoms with van der Waals surface area (Å²) in [5.74, 6) is -1.19. The molecule has 0 aliphatic carbocycles. The molecule has 0 aliphatic rings. The summed E-state index contributed by atoms with van der Waals surface area (Å²) in [6.45, 7) is 0.604. The Morgan fingerprint density at radius 2 is 1.92 bits per heavy atom. The molecule has 0 radical (unpaired) electrons. The number of nitrogens with two attached hydrogens (primary N) is 1. The summed E-state index contributed by atoms with van der Waals surface area (Å²) in [4.78, 5) is 3.26. The Kier molecular flexibility index (Phi) is 5.23. The van der Waals surface area contributed by atoms with Crippen molar-refractivity contribution in [1.82, 2.24) is 4.98 Å². The van der Waals surface area contributed by atoms with Crippen molar-refractivity contribution >= 4 is 38.4 Å². The van der Waals surface area contributed by atoms with Crippen molar-refractivity contribution in [1.29, 1.82) is 0 Å². The number of aryl methyl sites for hydroxylation is 1. The second kappa shape index (κ2) is 7.21. The maximum Gasteiger partial charge on any atom is 0.135 e. The lowest BCUT2D eigenvalue weighted by Crippen LogP contribution is -1.99. The largest absolute Gasteiger partial charge is 0.353 e. The van der Waals surface area contributed by atoms with Crippen LogP contribution in [-0.4, -0.2) is 11.5 Å². The van der Waals surface area contributed by atoms with Crippen molar-refractivity contribution in [3.63, 3.8) is 0 Å². The predicted octanol–water partition coefficient (Wildman–Crippen LogP) is 5.81. The van der Waals surface area contributed by atoms with Crippen LogP contribution in [0.25, 0.3) is 22.2 Å². The Morgan fingerprint density at radius 3 is 2.62 bits per heavy atom. The van der Waals surface area contributed by atoms with E-state index in [4.69, 9.17) is 17.3 Å². The van der Waals surface area contributed by atoms with E-state index in [1.807, 2.05) is 6.07 Å². The first kappa shape index (κ1) is 17.4. The number of fused-ring (bicyclic) bond motifs is 1. The monoisotopic (exact) mass is 412 g/mol. The summed E-state index contributed by atoms with van der Waals surface area (Å²) in [7, 11) is 0. The lowest BCUT2D eigenvalue weighted by Gasteiger charge is -2.07. The van der Waals surface area contributed by atoms with Gasteiger partial charge in [0.05, 0.1) is 11.2 Å². The Labute approximate surface area is 152 Å². The van der Waals surface area contributed by atoms with E-state index in [-0.39, 0.29) is 0 Å². The van der Waals surface area contributed by atoms with E-state index in [0.29, 0.717) is 22.8 Å². The van der Waals surface area contributed by atoms with Crippen LogP contribution in [0.15, 0.2) is 34.8 Å². The lowest BCUT2D eigenvalue weighted by atomic mass is 10.00. The second-order valence-corrected chi connectivity index (χ2v) is 6.95. The topological polar surface area (TPSA) is 41.8 Å². The molecule has 24 heavy (non-hydrogen) atoms. The van der Waals surface area contributed by atoms with Gasteiger partial charge in [-0.3, -0.25) is 0 Å². The summed E-state index contributed by atoms with van der Waals surface area (Å²) in [6, 6.07) is 7.26. The van der Waals surface area contributed by atoms with Gasteiger partial charge in [-0.2, -0.15) is 0 Å². The van der Waals surface area contributed by atoms with Crippen LogP contribution in [0.4, 0.5) is 8.78 Å². The molecule has 0 unspecified atom stereocenters. The third-order valence-corrected chi connectivity index (χ3v) is 4.86. The maximum atomic E-state index is 14.3. The van der Waals surface area contributed by atoms with Gasteiger partial charge in [0.15, 0.2) is 0 Å². The van der Waals surface area contributed by atoms with Crippen LogP contribution in [-0.2, 0) is 6.42 Å². The number of hydrogen-bond donors (Lipinski definition) is 2. The number of nitrogens with one attached hydrogen (secondary N) is 1. The highest BCUT2D eigenvalue weighted by Gasteiger charge is 2.18. The fourth-order valence-electron chi connectivity index (χ4n) is 2.90. The van der Waals surface area contributed by atoms with Gasteiger partial charge in [0.1, 0.15) is 11.6 Å². The van der Waals surface area contributed by atoms with Crippen LogP contribution in [0.1, 0.15) is 18.4 Å². The second-order valence-electron chi connectivity index (χ2n) is 5.66. The van der Waals surface area contributed by atoms with E-state index in [9.17, 15) is 8.78 Å². The number of aromatic nitrogens is 1. The van der Waals surface area contributed by atoms with E-state index in [1.165, 1.54) is 12.1 Å². The van der Waals surface area contributed by atoms with Crippen LogP contribution in [0.3, 0.4) is 0 Å². The smallest absolute Gasteiger partial charge is 0.135 e. The van der Waals surface area contributed by atoms with Gasteiger partial charge in [0.25, 0.3) is 0 Å². The van der Waals surface area contributed by atoms with Crippen LogP contribution >= 0.6 is 27.5 Å². The molecule has 0 amide bonds. The Hall–Kier alpha value is -1.43. The molecule has 3 aromatic rings. The zero-order chi connectivity index (χ0) is 17.3. The van der Waals surface area contributed by atoms with Gasteiger partial charge in [0, 0.05) is 26.5 Å². The van der Waals surface area contributed by atoms with Crippen LogP contribution in [0, 0.1) is 11.6 Å². The molecule has 2 aromatic carbocycles. The zero-order valence-corrected chi connectivity index (χ0v) is 15.1.